The molecule has 1 heterocycles. The van der Waals surface area contributed by atoms with Crippen LogP contribution in [0.4, 0.5) is 8.78 Å². The van der Waals surface area contributed by atoms with Crippen molar-refractivity contribution < 1.29 is 18.7 Å². The Balaban J connectivity index is 0.000000367. The van der Waals surface area contributed by atoms with Crippen molar-refractivity contribution in [3.63, 3.8) is 0 Å². The van der Waals surface area contributed by atoms with Gasteiger partial charge in [-0.15, -0.1) is 0 Å². The fourth-order valence-corrected chi connectivity index (χ4v) is 4.55. The average molecular weight is 515 g/mol. The van der Waals surface area contributed by atoms with Gasteiger partial charge in [-0.05, 0) is 79.0 Å². The van der Waals surface area contributed by atoms with Crippen LogP contribution in [-0.2, 0) is 6.54 Å². The van der Waals surface area contributed by atoms with Crippen LogP contribution >= 0.6 is 0 Å². The molecule has 4 nitrogen and oxygen atoms in total. The van der Waals surface area contributed by atoms with Gasteiger partial charge in [-0.1, -0.05) is 57.2 Å². The third-order valence-corrected chi connectivity index (χ3v) is 6.84. The molecular formula is C31H44F2N2O2. The molecule has 0 atom stereocenters. The number of hydrogen-bond acceptors (Lipinski definition) is 3. The number of nitrogens with zero attached hydrogens (tertiary/aromatic N) is 2. The summed E-state index contributed by atoms with van der Waals surface area (Å²) in [5.74, 6) is -0.159. The predicted molar refractivity (Wildman–Crippen MR) is 150 cm³/mol. The maximum absolute atomic E-state index is 12.6. The maximum Gasteiger partial charge on any atom is 0.335 e. The Morgan fingerprint density at radius 3 is 2.14 bits per heavy atom. The number of hydrogen-bond donors (Lipinski definition) is 1. The second-order valence-electron chi connectivity index (χ2n) is 9.52. The normalized spacial score (nSPS) is 16.2. The van der Waals surface area contributed by atoms with E-state index in [1.165, 1.54) is 40.7 Å². The zero-order chi connectivity index (χ0) is 27.4. The summed E-state index contributed by atoms with van der Waals surface area (Å²) in [7, 11) is 0. The highest BCUT2D eigenvalue weighted by Crippen LogP contribution is 2.44. The summed E-state index contributed by atoms with van der Waals surface area (Å²) < 4.78 is 25.2. The molecule has 0 amide bonds. The zero-order valence-corrected chi connectivity index (χ0v) is 23.1. The van der Waals surface area contributed by atoms with Crippen molar-refractivity contribution in [3.8, 4) is 0 Å². The van der Waals surface area contributed by atoms with Crippen molar-refractivity contribution >= 4 is 12.0 Å². The maximum atomic E-state index is 12.6. The summed E-state index contributed by atoms with van der Waals surface area (Å²) in [5.41, 5.74) is 7.49. The Kier molecular flexibility index (Phi) is 12.9. The SMILES string of the molecule is CC.CC/C=C\c1c(C)c(C)cc(C2CC2)c1CN1CCN(CC(F)F)CC1.O=C(O)c1ccccc1. The third-order valence-electron chi connectivity index (χ3n) is 6.84. The van der Waals surface area contributed by atoms with E-state index in [9.17, 15) is 13.6 Å². The molecule has 0 radical (unpaired) electrons. The van der Waals surface area contributed by atoms with Crippen LogP contribution in [0.1, 0.15) is 84.1 Å². The van der Waals surface area contributed by atoms with Crippen molar-refractivity contribution in [3.05, 3.63) is 75.9 Å². The Morgan fingerprint density at radius 1 is 1.05 bits per heavy atom. The molecule has 2 aromatic carbocycles. The third kappa shape index (κ3) is 9.67. The standard InChI is InChI=1S/C22H32F2N2.C7H6O2.C2H6/c1-4-5-6-19-17(3)16(2)13-20(18-7-8-18)21(19)14-25-9-11-26(12-10-25)15-22(23)24;8-7(9)6-4-2-1-3-5-6;1-2/h5-6,13,18,22H,4,7-12,14-15H2,1-3H3;1-5H,(H,8,9);1-2H3/b6-5-;;. The molecule has 0 unspecified atom stereocenters. The van der Waals surface area contributed by atoms with Crippen LogP contribution in [-0.4, -0.2) is 60.0 Å². The fourth-order valence-electron chi connectivity index (χ4n) is 4.55. The highest BCUT2D eigenvalue weighted by atomic mass is 19.3. The summed E-state index contributed by atoms with van der Waals surface area (Å²) in [4.78, 5) is 14.5. The van der Waals surface area contributed by atoms with Crippen molar-refractivity contribution in [2.45, 2.75) is 72.8 Å². The van der Waals surface area contributed by atoms with Gasteiger partial charge >= 0.3 is 5.97 Å². The van der Waals surface area contributed by atoms with Crippen molar-refractivity contribution in [1.82, 2.24) is 9.80 Å². The van der Waals surface area contributed by atoms with Crippen molar-refractivity contribution in [2.75, 3.05) is 32.7 Å². The topological polar surface area (TPSA) is 43.8 Å². The monoisotopic (exact) mass is 514 g/mol. The number of carboxylic acids is 1. The van der Waals surface area contributed by atoms with Gasteiger partial charge in [0.05, 0.1) is 12.1 Å². The molecule has 4 rings (SSSR count). The lowest BCUT2D eigenvalue weighted by molar-refractivity contribution is 0.0542. The first kappa shape index (κ1) is 30.7. The number of aryl methyl sites for hydroxylation is 1. The zero-order valence-electron chi connectivity index (χ0n) is 23.1. The average Bonchev–Trinajstić information content (AvgIpc) is 3.74. The number of halogens is 2. The Labute approximate surface area is 222 Å². The second kappa shape index (κ2) is 15.6. The van der Waals surface area contributed by atoms with Crippen LogP contribution in [0.15, 0.2) is 42.5 Å². The molecule has 0 bridgehead atoms. The van der Waals surface area contributed by atoms with E-state index in [2.05, 4.69) is 43.9 Å². The minimum atomic E-state index is -2.23. The van der Waals surface area contributed by atoms with Gasteiger partial charge < -0.3 is 5.11 Å². The molecule has 37 heavy (non-hydrogen) atoms. The van der Waals surface area contributed by atoms with E-state index < -0.39 is 12.4 Å². The van der Waals surface area contributed by atoms with Crippen LogP contribution in [0, 0.1) is 13.8 Å². The Hall–Kier alpha value is -2.57. The summed E-state index contributed by atoms with van der Waals surface area (Å²) in [6.45, 7) is 14.7. The minimum absolute atomic E-state index is 0.0880. The molecule has 1 N–H and O–H groups in total. The van der Waals surface area contributed by atoms with E-state index in [0.29, 0.717) is 5.56 Å². The molecule has 1 aliphatic heterocycles. The lowest BCUT2D eigenvalue weighted by Crippen LogP contribution is -2.47. The molecule has 2 fully saturated rings. The molecule has 1 aliphatic carbocycles. The van der Waals surface area contributed by atoms with Gasteiger partial charge in [0.15, 0.2) is 0 Å². The smallest absolute Gasteiger partial charge is 0.335 e. The van der Waals surface area contributed by atoms with Gasteiger partial charge in [0.25, 0.3) is 6.43 Å². The Morgan fingerprint density at radius 2 is 1.65 bits per heavy atom. The van der Waals surface area contributed by atoms with Gasteiger partial charge in [-0.25, -0.2) is 13.6 Å². The lowest BCUT2D eigenvalue weighted by Gasteiger charge is -2.35. The minimum Gasteiger partial charge on any atom is -0.478 e. The van der Waals surface area contributed by atoms with Crippen LogP contribution in [0.25, 0.3) is 6.08 Å². The molecule has 204 valence electrons. The van der Waals surface area contributed by atoms with Gasteiger partial charge in [-0.3, -0.25) is 9.80 Å². The summed E-state index contributed by atoms with van der Waals surface area (Å²) in [6.07, 6.45) is 5.97. The fraction of sp³-hybridized carbons (Fsp3) is 0.516. The number of piperazine rings is 1. The first-order valence-corrected chi connectivity index (χ1v) is 13.6. The van der Waals surface area contributed by atoms with E-state index in [0.717, 1.165) is 45.1 Å². The molecule has 1 saturated heterocycles. The number of allylic oxidation sites excluding steroid dienone is 1. The van der Waals surface area contributed by atoms with Crippen LogP contribution in [0.5, 0.6) is 0 Å². The number of benzene rings is 2. The van der Waals surface area contributed by atoms with Gasteiger partial charge in [0, 0.05) is 32.7 Å². The van der Waals surface area contributed by atoms with Crippen molar-refractivity contribution in [2.24, 2.45) is 0 Å². The number of rotatable bonds is 8. The summed E-state index contributed by atoms with van der Waals surface area (Å²) >= 11 is 0. The van der Waals surface area contributed by atoms with Gasteiger partial charge in [-0.2, -0.15) is 0 Å². The lowest BCUT2D eigenvalue weighted by atomic mass is 9.89. The van der Waals surface area contributed by atoms with Gasteiger partial charge in [0.2, 0.25) is 0 Å². The highest BCUT2D eigenvalue weighted by Gasteiger charge is 2.29. The summed E-state index contributed by atoms with van der Waals surface area (Å²) in [5, 5.41) is 8.38. The van der Waals surface area contributed by atoms with E-state index in [-0.39, 0.29) is 6.54 Å². The van der Waals surface area contributed by atoms with Crippen LogP contribution in [0.2, 0.25) is 0 Å². The molecule has 1 saturated carbocycles. The number of carboxylic acid groups (broad SMARTS) is 1. The number of alkyl halides is 2. The first-order valence-electron chi connectivity index (χ1n) is 13.6. The molecule has 2 aliphatic rings. The predicted octanol–water partition coefficient (Wildman–Crippen LogP) is 7.40. The Bertz CT molecular complexity index is 996. The van der Waals surface area contributed by atoms with E-state index in [4.69, 9.17) is 5.11 Å². The van der Waals surface area contributed by atoms with Crippen LogP contribution < -0.4 is 0 Å². The molecule has 0 aromatic heterocycles. The number of aromatic carboxylic acids is 1. The van der Waals surface area contributed by atoms with E-state index >= 15 is 0 Å². The highest BCUT2D eigenvalue weighted by molar-refractivity contribution is 5.87. The quantitative estimate of drug-likeness (QED) is 0.399. The number of carbonyl (C=O) groups is 1. The molecular weight excluding hydrogens is 470 g/mol. The van der Waals surface area contributed by atoms with E-state index in [1.807, 2.05) is 18.7 Å². The van der Waals surface area contributed by atoms with Crippen molar-refractivity contribution in [1.29, 1.82) is 0 Å². The second-order valence-corrected chi connectivity index (χ2v) is 9.52. The first-order chi connectivity index (χ1) is 17.8. The van der Waals surface area contributed by atoms with Crippen LogP contribution in [0.3, 0.4) is 0 Å². The van der Waals surface area contributed by atoms with E-state index in [1.54, 1.807) is 30.3 Å². The molecule has 2 aromatic rings. The summed E-state index contributed by atoms with van der Waals surface area (Å²) in [6, 6.07) is 10.7. The molecule has 0 spiro atoms. The molecule has 6 heteroatoms. The van der Waals surface area contributed by atoms with Gasteiger partial charge in [0.1, 0.15) is 0 Å². The largest absolute Gasteiger partial charge is 0.478 e.